The van der Waals surface area contributed by atoms with Gasteiger partial charge in [-0.05, 0) is 55.8 Å². The monoisotopic (exact) mass is 445 g/mol. The molecule has 0 spiro atoms. The molecule has 1 amide bonds. The van der Waals surface area contributed by atoms with Crippen molar-refractivity contribution in [2.24, 2.45) is 10.8 Å². The van der Waals surface area contributed by atoms with Crippen LogP contribution >= 0.6 is 11.6 Å². The molecule has 32 heavy (non-hydrogen) atoms. The number of benzene rings is 3. The summed E-state index contributed by atoms with van der Waals surface area (Å²) in [4.78, 5) is 40.9. The fraction of sp³-hybridized carbons (Fsp3) is 0.192. The lowest BCUT2D eigenvalue weighted by Gasteiger charge is -2.23. The third-order valence-corrected chi connectivity index (χ3v) is 7.08. The molecule has 5 rings (SSSR count). The van der Waals surface area contributed by atoms with Gasteiger partial charge in [0.15, 0.2) is 11.2 Å². The first kappa shape index (κ1) is 20.5. The average molecular weight is 446 g/mol. The Labute approximate surface area is 190 Å². The first-order valence-corrected chi connectivity index (χ1v) is 10.7. The number of ketones is 1. The standard InChI is InChI=1S/C26H20ClNO4/c1-15-7-3-5-9-19(15)28-23(30)26-21(18-8-4-6-10-20(18)32-24(26)31)25(26,2)22(29)16-11-13-17(27)14-12-16/h3-14,21H,1-2H3,(H,28,30). The largest absolute Gasteiger partial charge is 0.425 e. The molecule has 160 valence electrons. The first-order chi connectivity index (χ1) is 15.3. The van der Waals surface area contributed by atoms with E-state index in [4.69, 9.17) is 16.3 Å². The topological polar surface area (TPSA) is 72.5 Å². The molecule has 5 nitrogen and oxygen atoms in total. The highest BCUT2D eigenvalue weighted by Crippen LogP contribution is 2.78. The minimum absolute atomic E-state index is 0.298. The SMILES string of the molecule is Cc1ccccc1NC(=O)C12C(=O)Oc3ccccc3C1C2(C)C(=O)c1ccc(Cl)cc1. The summed E-state index contributed by atoms with van der Waals surface area (Å²) in [5.41, 5.74) is -0.468. The normalized spacial score (nSPS) is 25.2. The number of para-hydroxylation sites is 2. The van der Waals surface area contributed by atoms with Crippen molar-refractivity contribution in [2.75, 3.05) is 5.32 Å². The number of anilines is 1. The van der Waals surface area contributed by atoms with Gasteiger partial charge in [0.05, 0.1) is 5.41 Å². The molecule has 3 atom stereocenters. The zero-order valence-corrected chi connectivity index (χ0v) is 18.3. The number of nitrogens with one attached hydrogen (secondary N) is 1. The van der Waals surface area contributed by atoms with Crippen molar-refractivity contribution in [2.45, 2.75) is 19.8 Å². The molecule has 0 saturated heterocycles. The lowest BCUT2D eigenvalue weighted by Crippen LogP contribution is -2.42. The number of hydrogen-bond donors (Lipinski definition) is 1. The molecule has 3 unspecified atom stereocenters. The van der Waals surface area contributed by atoms with E-state index in [1.807, 2.05) is 31.2 Å². The fourth-order valence-corrected chi connectivity index (χ4v) is 5.22. The third kappa shape index (κ3) is 2.61. The van der Waals surface area contributed by atoms with Gasteiger partial charge >= 0.3 is 5.97 Å². The van der Waals surface area contributed by atoms with Crippen LogP contribution in [-0.2, 0) is 9.59 Å². The summed E-state index contributed by atoms with van der Waals surface area (Å²) in [7, 11) is 0. The van der Waals surface area contributed by atoms with Gasteiger partial charge in [0.1, 0.15) is 5.75 Å². The van der Waals surface area contributed by atoms with Crippen molar-refractivity contribution in [3.63, 3.8) is 0 Å². The van der Waals surface area contributed by atoms with Crippen LogP contribution in [0.1, 0.15) is 34.3 Å². The van der Waals surface area contributed by atoms with E-state index in [1.165, 1.54) is 0 Å². The van der Waals surface area contributed by atoms with Crippen molar-refractivity contribution >= 4 is 34.9 Å². The second-order valence-corrected chi connectivity index (χ2v) is 8.91. The van der Waals surface area contributed by atoms with Crippen LogP contribution in [0, 0.1) is 17.8 Å². The summed E-state index contributed by atoms with van der Waals surface area (Å²) in [5, 5.41) is 3.38. The minimum atomic E-state index is -1.67. The zero-order valence-electron chi connectivity index (χ0n) is 17.5. The van der Waals surface area contributed by atoms with Crippen molar-refractivity contribution in [1.82, 2.24) is 0 Å². The number of halogens is 1. The van der Waals surface area contributed by atoms with Gasteiger partial charge < -0.3 is 10.1 Å². The Morgan fingerprint density at radius 2 is 1.62 bits per heavy atom. The molecule has 0 aromatic heterocycles. The van der Waals surface area contributed by atoms with Gasteiger partial charge in [0.2, 0.25) is 5.91 Å². The molecule has 1 aliphatic carbocycles. The van der Waals surface area contributed by atoms with E-state index in [2.05, 4.69) is 5.32 Å². The molecular formula is C26H20ClNO4. The molecule has 1 fully saturated rings. The Morgan fingerprint density at radius 1 is 0.969 bits per heavy atom. The molecule has 6 heteroatoms. The molecule has 2 aliphatic rings. The molecule has 1 heterocycles. The number of carbonyl (C=O) groups excluding carboxylic acids is 3. The van der Waals surface area contributed by atoms with Gasteiger partial charge in [-0.25, -0.2) is 0 Å². The van der Waals surface area contributed by atoms with Crippen LogP contribution in [0.4, 0.5) is 5.69 Å². The summed E-state index contributed by atoms with van der Waals surface area (Å²) in [6, 6.07) is 20.8. The summed E-state index contributed by atoms with van der Waals surface area (Å²) in [5.74, 6) is -1.81. The number of carbonyl (C=O) groups is 3. The molecule has 1 saturated carbocycles. The van der Waals surface area contributed by atoms with Gasteiger partial charge in [-0.2, -0.15) is 0 Å². The first-order valence-electron chi connectivity index (χ1n) is 10.3. The maximum absolute atomic E-state index is 13.8. The summed E-state index contributed by atoms with van der Waals surface area (Å²) >= 11 is 5.99. The Bertz CT molecular complexity index is 1280. The number of rotatable bonds is 4. The van der Waals surface area contributed by atoms with Gasteiger partial charge in [0, 0.05) is 27.8 Å². The van der Waals surface area contributed by atoms with Gasteiger partial charge in [0.25, 0.3) is 0 Å². The highest BCUT2D eigenvalue weighted by Gasteiger charge is 2.88. The number of amides is 1. The van der Waals surface area contributed by atoms with E-state index in [9.17, 15) is 14.4 Å². The van der Waals surface area contributed by atoms with Gasteiger partial charge in [-0.1, -0.05) is 48.0 Å². The van der Waals surface area contributed by atoms with E-state index in [0.717, 1.165) is 5.56 Å². The molecule has 1 N–H and O–H groups in total. The smallest absolute Gasteiger partial charge is 0.328 e. The van der Waals surface area contributed by atoms with Crippen LogP contribution in [0.2, 0.25) is 5.02 Å². The minimum Gasteiger partial charge on any atom is -0.425 e. The number of esters is 1. The number of hydrogen-bond acceptors (Lipinski definition) is 4. The zero-order chi connectivity index (χ0) is 22.7. The predicted octanol–water partition coefficient (Wildman–Crippen LogP) is 5.18. The Morgan fingerprint density at radius 3 is 2.34 bits per heavy atom. The molecule has 0 bridgehead atoms. The molecule has 1 aliphatic heterocycles. The molecule has 3 aromatic rings. The Kier molecular flexibility index (Phi) is 4.50. The van der Waals surface area contributed by atoms with E-state index in [1.54, 1.807) is 55.5 Å². The van der Waals surface area contributed by atoms with E-state index < -0.39 is 28.6 Å². The van der Waals surface area contributed by atoms with Crippen molar-refractivity contribution in [1.29, 1.82) is 0 Å². The number of Topliss-reactive ketones (excluding diaryl/α,β-unsaturated/α-hetero) is 1. The lowest BCUT2D eigenvalue weighted by atomic mass is 9.86. The Hall–Kier alpha value is -3.44. The average Bonchev–Trinajstić information content (AvgIpc) is 3.39. The molecule has 3 aromatic carbocycles. The van der Waals surface area contributed by atoms with Gasteiger partial charge in [-0.15, -0.1) is 0 Å². The number of aryl methyl sites for hydroxylation is 1. The van der Waals surface area contributed by atoms with E-state index >= 15 is 0 Å². The predicted molar refractivity (Wildman–Crippen MR) is 121 cm³/mol. The van der Waals surface area contributed by atoms with Crippen molar-refractivity contribution < 1.29 is 19.1 Å². The van der Waals surface area contributed by atoms with Crippen LogP contribution in [0.25, 0.3) is 0 Å². The van der Waals surface area contributed by atoms with Crippen molar-refractivity contribution in [3.05, 3.63) is 94.5 Å². The van der Waals surface area contributed by atoms with Gasteiger partial charge in [-0.3, -0.25) is 14.4 Å². The molecule has 0 radical (unpaired) electrons. The van der Waals surface area contributed by atoms with Crippen LogP contribution in [0.3, 0.4) is 0 Å². The summed E-state index contributed by atoms with van der Waals surface area (Å²) in [6.07, 6.45) is 0. The second kappa shape index (κ2) is 7.04. The number of ether oxygens (including phenoxy) is 1. The highest BCUT2D eigenvalue weighted by molar-refractivity contribution is 6.30. The third-order valence-electron chi connectivity index (χ3n) is 6.83. The summed E-state index contributed by atoms with van der Waals surface area (Å²) < 4.78 is 5.61. The number of fused-ring (bicyclic) bond motifs is 3. The van der Waals surface area contributed by atoms with Crippen LogP contribution in [0.5, 0.6) is 5.75 Å². The van der Waals surface area contributed by atoms with Crippen LogP contribution < -0.4 is 10.1 Å². The Balaban J connectivity index is 1.64. The maximum Gasteiger partial charge on any atom is 0.328 e. The van der Waals surface area contributed by atoms with Crippen LogP contribution in [0.15, 0.2) is 72.8 Å². The highest BCUT2D eigenvalue weighted by atomic mass is 35.5. The van der Waals surface area contributed by atoms with E-state index in [0.29, 0.717) is 27.6 Å². The molecular weight excluding hydrogens is 426 g/mol. The van der Waals surface area contributed by atoms with E-state index in [-0.39, 0.29) is 5.78 Å². The summed E-state index contributed by atoms with van der Waals surface area (Å²) in [6.45, 7) is 3.54. The second-order valence-electron chi connectivity index (χ2n) is 8.48. The van der Waals surface area contributed by atoms with Crippen molar-refractivity contribution in [3.8, 4) is 5.75 Å². The fourth-order valence-electron chi connectivity index (χ4n) is 5.09. The maximum atomic E-state index is 13.8. The quantitative estimate of drug-likeness (QED) is 0.260. The van der Waals surface area contributed by atoms with Crippen LogP contribution in [-0.4, -0.2) is 17.7 Å². The lowest BCUT2D eigenvalue weighted by molar-refractivity contribution is -0.147.